The zero-order valence-corrected chi connectivity index (χ0v) is 10.5. The van der Waals surface area contributed by atoms with Crippen LogP contribution in [0.5, 0.6) is 5.75 Å². The molecule has 1 atom stereocenters. The minimum absolute atomic E-state index is 0.140. The fourth-order valence-corrected chi connectivity index (χ4v) is 2.31. The maximum absolute atomic E-state index is 12.3. The standard InChI is InChI=1S/C13H17N3O3/c14-9-5-4-8(7-11(9)17)13(19)16-6-2-1-3-10(16)12(15)18/h4-5,7,10,17H,1-3,6,14H2,(H2,15,18). The van der Waals surface area contributed by atoms with Gasteiger partial charge in [-0.2, -0.15) is 0 Å². The monoisotopic (exact) mass is 263 g/mol. The summed E-state index contributed by atoms with van der Waals surface area (Å²) in [6, 6.07) is 3.74. The van der Waals surface area contributed by atoms with E-state index in [0.29, 0.717) is 18.5 Å². The normalized spacial score (nSPS) is 19.2. The number of phenols is 1. The number of rotatable bonds is 2. The van der Waals surface area contributed by atoms with Crippen LogP contribution in [0.3, 0.4) is 0 Å². The Bertz CT molecular complexity index is 516. The quantitative estimate of drug-likeness (QED) is 0.531. The van der Waals surface area contributed by atoms with Crippen molar-refractivity contribution in [3.05, 3.63) is 23.8 Å². The number of nitrogens with two attached hydrogens (primary N) is 2. The highest BCUT2D eigenvalue weighted by Gasteiger charge is 2.31. The highest BCUT2D eigenvalue weighted by atomic mass is 16.3. The number of carbonyl (C=O) groups excluding carboxylic acids is 2. The number of hydrogen-bond donors (Lipinski definition) is 3. The molecule has 1 saturated heterocycles. The van der Waals surface area contributed by atoms with Crippen LogP contribution in [0, 0.1) is 0 Å². The van der Waals surface area contributed by atoms with Crippen molar-refractivity contribution in [2.45, 2.75) is 25.3 Å². The Balaban J connectivity index is 2.26. The van der Waals surface area contributed by atoms with Crippen LogP contribution in [-0.4, -0.2) is 34.4 Å². The largest absolute Gasteiger partial charge is 0.506 e. The smallest absolute Gasteiger partial charge is 0.254 e. The SMILES string of the molecule is NC(=O)C1CCCCN1C(=O)c1ccc(N)c(O)c1. The number of anilines is 1. The number of nitrogens with zero attached hydrogens (tertiary/aromatic N) is 1. The molecule has 0 aliphatic carbocycles. The van der Waals surface area contributed by atoms with E-state index in [4.69, 9.17) is 11.5 Å². The second-order valence-corrected chi connectivity index (χ2v) is 4.69. The van der Waals surface area contributed by atoms with Crippen molar-refractivity contribution in [1.29, 1.82) is 0 Å². The molecule has 1 fully saturated rings. The summed E-state index contributed by atoms with van der Waals surface area (Å²) in [6.45, 7) is 0.498. The lowest BCUT2D eigenvalue weighted by molar-refractivity contribution is -0.123. The van der Waals surface area contributed by atoms with E-state index in [0.717, 1.165) is 12.8 Å². The molecule has 102 valence electrons. The Kier molecular flexibility index (Phi) is 3.59. The molecule has 1 aliphatic heterocycles. The Morgan fingerprint density at radius 3 is 2.68 bits per heavy atom. The van der Waals surface area contributed by atoms with Crippen molar-refractivity contribution in [2.24, 2.45) is 5.73 Å². The number of aromatic hydroxyl groups is 1. The molecule has 6 heteroatoms. The van der Waals surface area contributed by atoms with Crippen molar-refractivity contribution in [3.8, 4) is 5.75 Å². The van der Waals surface area contributed by atoms with Gasteiger partial charge in [0.1, 0.15) is 11.8 Å². The van der Waals surface area contributed by atoms with E-state index >= 15 is 0 Å². The fourth-order valence-electron chi connectivity index (χ4n) is 2.31. The lowest BCUT2D eigenvalue weighted by Crippen LogP contribution is -2.50. The van der Waals surface area contributed by atoms with Crippen molar-refractivity contribution in [1.82, 2.24) is 4.90 Å². The second kappa shape index (κ2) is 5.17. The van der Waals surface area contributed by atoms with Gasteiger partial charge in [0.05, 0.1) is 5.69 Å². The van der Waals surface area contributed by atoms with Crippen molar-refractivity contribution >= 4 is 17.5 Å². The molecule has 5 N–H and O–H groups in total. The van der Waals surface area contributed by atoms with Gasteiger partial charge in [-0.3, -0.25) is 9.59 Å². The Hall–Kier alpha value is -2.24. The highest BCUT2D eigenvalue weighted by molar-refractivity contribution is 5.98. The number of hydrogen-bond acceptors (Lipinski definition) is 4. The number of primary amides is 1. The first-order valence-electron chi connectivity index (χ1n) is 6.19. The lowest BCUT2D eigenvalue weighted by Gasteiger charge is -2.33. The van der Waals surface area contributed by atoms with E-state index in [2.05, 4.69) is 0 Å². The summed E-state index contributed by atoms with van der Waals surface area (Å²) < 4.78 is 0. The van der Waals surface area contributed by atoms with Crippen molar-refractivity contribution < 1.29 is 14.7 Å². The Morgan fingerprint density at radius 1 is 1.32 bits per heavy atom. The minimum Gasteiger partial charge on any atom is -0.506 e. The third-order valence-electron chi connectivity index (χ3n) is 3.37. The molecule has 1 aliphatic rings. The summed E-state index contributed by atoms with van der Waals surface area (Å²) in [5.41, 5.74) is 11.3. The maximum atomic E-state index is 12.3. The zero-order valence-electron chi connectivity index (χ0n) is 10.5. The number of phenolic OH excluding ortho intramolecular Hbond substituents is 1. The van der Waals surface area contributed by atoms with E-state index in [1.54, 1.807) is 0 Å². The van der Waals surface area contributed by atoms with Gasteiger partial charge in [-0.05, 0) is 37.5 Å². The van der Waals surface area contributed by atoms with E-state index < -0.39 is 11.9 Å². The van der Waals surface area contributed by atoms with Crippen molar-refractivity contribution in [2.75, 3.05) is 12.3 Å². The van der Waals surface area contributed by atoms with Gasteiger partial charge >= 0.3 is 0 Å². The molecular weight excluding hydrogens is 246 g/mol. The summed E-state index contributed by atoms with van der Waals surface area (Å²) in [5, 5.41) is 9.54. The number of carbonyl (C=O) groups is 2. The van der Waals surface area contributed by atoms with Gasteiger partial charge in [0.2, 0.25) is 5.91 Å². The lowest BCUT2D eigenvalue weighted by atomic mass is 10.00. The number of piperidine rings is 1. The molecule has 1 aromatic carbocycles. The van der Waals surface area contributed by atoms with Crippen LogP contribution in [0.4, 0.5) is 5.69 Å². The molecule has 0 bridgehead atoms. The summed E-state index contributed by atoms with van der Waals surface area (Å²) in [5.74, 6) is -0.940. The van der Waals surface area contributed by atoms with Crippen LogP contribution in [0.25, 0.3) is 0 Å². The van der Waals surface area contributed by atoms with Crippen molar-refractivity contribution in [3.63, 3.8) is 0 Å². The van der Waals surface area contributed by atoms with Gasteiger partial charge in [0.15, 0.2) is 0 Å². The number of nitrogen functional groups attached to an aromatic ring is 1. The number of benzene rings is 1. The third-order valence-corrected chi connectivity index (χ3v) is 3.37. The minimum atomic E-state index is -0.569. The van der Waals surface area contributed by atoms with E-state index in [1.807, 2.05) is 0 Å². The zero-order chi connectivity index (χ0) is 14.0. The molecular formula is C13H17N3O3. The van der Waals surface area contributed by atoms with E-state index in [1.165, 1.54) is 23.1 Å². The first kappa shape index (κ1) is 13.2. The number of amides is 2. The van der Waals surface area contributed by atoms with E-state index in [9.17, 15) is 14.7 Å². The van der Waals surface area contributed by atoms with Gasteiger partial charge < -0.3 is 21.5 Å². The average molecular weight is 263 g/mol. The summed E-state index contributed by atoms with van der Waals surface area (Å²) in [7, 11) is 0. The topological polar surface area (TPSA) is 110 Å². The average Bonchev–Trinajstić information content (AvgIpc) is 2.41. The van der Waals surface area contributed by atoms with E-state index in [-0.39, 0.29) is 17.3 Å². The summed E-state index contributed by atoms with van der Waals surface area (Å²) in [4.78, 5) is 25.2. The van der Waals surface area contributed by atoms with Crippen LogP contribution >= 0.6 is 0 Å². The van der Waals surface area contributed by atoms with Gasteiger partial charge in [-0.1, -0.05) is 0 Å². The molecule has 1 aromatic rings. The predicted molar refractivity (Wildman–Crippen MR) is 70.4 cm³/mol. The van der Waals surface area contributed by atoms with Gasteiger partial charge in [0, 0.05) is 12.1 Å². The van der Waals surface area contributed by atoms with Crippen LogP contribution < -0.4 is 11.5 Å². The van der Waals surface area contributed by atoms with Gasteiger partial charge in [-0.25, -0.2) is 0 Å². The Morgan fingerprint density at radius 2 is 2.05 bits per heavy atom. The first-order chi connectivity index (χ1) is 9.00. The van der Waals surface area contributed by atoms with Crippen LogP contribution in [-0.2, 0) is 4.79 Å². The van der Waals surface area contributed by atoms with Crippen LogP contribution in [0.15, 0.2) is 18.2 Å². The Labute approximate surface area is 111 Å². The summed E-state index contributed by atoms with van der Waals surface area (Å²) >= 11 is 0. The molecule has 0 radical (unpaired) electrons. The summed E-state index contributed by atoms with van der Waals surface area (Å²) in [6.07, 6.45) is 2.31. The molecule has 1 unspecified atom stereocenters. The van der Waals surface area contributed by atoms with Crippen LogP contribution in [0.2, 0.25) is 0 Å². The molecule has 2 rings (SSSR count). The molecule has 6 nitrogen and oxygen atoms in total. The third kappa shape index (κ3) is 2.62. The molecule has 1 heterocycles. The first-order valence-corrected chi connectivity index (χ1v) is 6.19. The molecule has 0 saturated carbocycles. The number of likely N-dealkylation sites (tertiary alicyclic amines) is 1. The molecule has 0 spiro atoms. The maximum Gasteiger partial charge on any atom is 0.254 e. The highest BCUT2D eigenvalue weighted by Crippen LogP contribution is 2.24. The van der Waals surface area contributed by atoms with Crippen LogP contribution in [0.1, 0.15) is 29.6 Å². The molecule has 2 amide bonds. The van der Waals surface area contributed by atoms with Gasteiger partial charge in [0.25, 0.3) is 5.91 Å². The molecule has 19 heavy (non-hydrogen) atoms. The molecule has 0 aromatic heterocycles. The fraction of sp³-hybridized carbons (Fsp3) is 0.385. The second-order valence-electron chi connectivity index (χ2n) is 4.69. The van der Waals surface area contributed by atoms with Gasteiger partial charge in [-0.15, -0.1) is 0 Å². The predicted octanol–water partition coefficient (Wildman–Crippen LogP) is 0.454.